The van der Waals surface area contributed by atoms with E-state index in [9.17, 15) is 22.8 Å². The zero-order chi connectivity index (χ0) is 30.7. The molecule has 4 heterocycles. The molecule has 228 valence electrons. The van der Waals surface area contributed by atoms with E-state index < -0.39 is 23.9 Å². The minimum absolute atomic E-state index is 0.0882. The predicted octanol–water partition coefficient (Wildman–Crippen LogP) is 5.43. The Balaban J connectivity index is 1.14. The molecule has 2 aliphatic heterocycles. The molecule has 0 bridgehead atoms. The standard InChI is InChI=1S/C32H30F4N6O2/c1-18-23-5-3-2-4-19(23)10-13-41(18)30(43)27-15-28(20-6-7-20)42-29(38-27)16-26(39-42)24-9-8-22(14-25(24)33)40-12-11-21(17-40)37-31(44)32(34,35)36/h2-5,8-9,14-16,18,20-21H,6-7,10-13,17H2,1H3,(H,37,44)/t18-,21+/m1/s1. The van der Waals surface area contributed by atoms with E-state index in [2.05, 4.69) is 22.2 Å². The Kier molecular flexibility index (Phi) is 6.82. The van der Waals surface area contributed by atoms with Crippen LogP contribution in [-0.2, 0) is 11.2 Å². The summed E-state index contributed by atoms with van der Waals surface area (Å²) in [6, 6.07) is 15.5. The van der Waals surface area contributed by atoms with Crippen LogP contribution >= 0.6 is 0 Å². The summed E-state index contributed by atoms with van der Waals surface area (Å²) in [5.41, 5.74) is 5.17. The van der Waals surface area contributed by atoms with Crippen molar-refractivity contribution in [2.75, 3.05) is 24.5 Å². The number of aromatic nitrogens is 3. The van der Waals surface area contributed by atoms with Crippen molar-refractivity contribution in [1.82, 2.24) is 24.8 Å². The second-order valence-corrected chi connectivity index (χ2v) is 11.8. The van der Waals surface area contributed by atoms with Gasteiger partial charge in [0.2, 0.25) is 0 Å². The highest BCUT2D eigenvalue weighted by molar-refractivity contribution is 5.93. The molecule has 1 saturated heterocycles. The lowest BCUT2D eigenvalue weighted by Gasteiger charge is -2.35. The molecule has 7 rings (SSSR count). The number of benzene rings is 2. The quantitative estimate of drug-likeness (QED) is 0.307. The van der Waals surface area contributed by atoms with Crippen molar-refractivity contribution in [2.24, 2.45) is 0 Å². The van der Waals surface area contributed by atoms with E-state index in [1.54, 1.807) is 27.6 Å². The highest BCUT2D eigenvalue weighted by Crippen LogP contribution is 2.41. The van der Waals surface area contributed by atoms with Crippen molar-refractivity contribution in [3.63, 3.8) is 0 Å². The number of alkyl halides is 3. The summed E-state index contributed by atoms with van der Waals surface area (Å²) in [4.78, 5) is 33.4. The van der Waals surface area contributed by atoms with Gasteiger partial charge in [-0.15, -0.1) is 0 Å². The molecule has 8 nitrogen and oxygen atoms in total. The van der Waals surface area contributed by atoms with Gasteiger partial charge < -0.3 is 15.1 Å². The lowest BCUT2D eigenvalue weighted by atomic mass is 9.93. The van der Waals surface area contributed by atoms with E-state index in [4.69, 9.17) is 0 Å². The van der Waals surface area contributed by atoms with E-state index in [0.717, 1.165) is 30.5 Å². The van der Waals surface area contributed by atoms with E-state index in [-0.39, 0.29) is 30.0 Å². The SMILES string of the molecule is C[C@@H]1c2ccccc2CCN1C(=O)c1cc(C2CC2)n2nc(-c3ccc(N4CC[C@H](NC(=O)C(F)(F)F)C4)cc3F)cc2n1. The van der Waals surface area contributed by atoms with Crippen LogP contribution in [0.15, 0.2) is 54.6 Å². The summed E-state index contributed by atoms with van der Waals surface area (Å²) in [6.45, 7) is 3.14. The van der Waals surface area contributed by atoms with Gasteiger partial charge in [0.15, 0.2) is 5.65 Å². The summed E-state index contributed by atoms with van der Waals surface area (Å²) < 4.78 is 55.1. The maximum atomic E-state index is 15.5. The van der Waals surface area contributed by atoms with Crippen LogP contribution in [0.4, 0.5) is 23.2 Å². The van der Waals surface area contributed by atoms with Crippen LogP contribution in [0.5, 0.6) is 0 Å². The Morgan fingerprint density at radius 1 is 1.00 bits per heavy atom. The normalized spacial score (nSPS) is 20.2. The number of carbonyl (C=O) groups is 2. The predicted molar refractivity (Wildman–Crippen MR) is 155 cm³/mol. The van der Waals surface area contributed by atoms with Gasteiger partial charge in [-0.05, 0) is 68.0 Å². The third-order valence-electron chi connectivity index (χ3n) is 8.90. The van der Waals surface area contributed by atoms with Crippen LogP contribution < -0.4 is 10.2 Å². The Morgan fingerprint density at radius 2 is 1.80 bits per heavy atom. The third-order valence-corrected chi connectivity index (χ3v) is 8.90. The number of hydrogen-bond acceptors (Lipinski definition) is 5. The minimum atomic E-state index is -4.95. The molecule has 3 aliphatic rings. The molecule has 2 amide bonds. The molecule has 2 aromatic carbocycles. The highest BCUT2D eigenvalue weighted by Gasteiger charge is 2.41. The van der Waals surface area contributed by atoms with Gasteiger partial charge in [0.05, 0.1) is 11.7 Å². The Labute approximate surface area is 250 Å². The highest BCUT2D eigenvalue weighted by atomic mass is 19.4. The van der Waals surface area contributed by atoms with Crippen LogP contribution in [0.3, 0.4) is 0 Å². The van der Waals surface area contributed by atoms with Crippen LogP contribution in [0.1, 0.15) is 65.5 Å². The molecule has 1 saturated carbocycles. The largest absolute Gasteiger partial charge is 0.471 e. The van der Waals surface area contributed by atoms with E-state index in [1.165, 1.54) is 11.6 Å². The first-order valence-corrected chi connectivity index (χ1v) is 14.8. The number of anilines is 1. The van der Waals surface area contributed by atoms with E-state index in [0.29, 0.717) is 42.2 Å². The van der Waals surface area contributed by atoms with Crippen LogP contribution in [-0.4, -0.2) is 63.2 Å². The third kappa shape index (κ3) is 5.16. The zero-order valence-corrected chi connectivity index (χ0v) is 23.9. The molecule has 0 spiro atoms. The molecular weight excluding hydrogens is 576 g/mol. The number of amides is 2. The molecule has 2 fully saturated rings. The number of rotatable bonds is 5. The smallest absolute Gasteiger partial charge is 0.369 e. The Hall–Kier alpha value is -4.48. The summed E-state index contributed by atoms with van der Waals surface area (Å²) in [5, 5.41) is 6.68. The topological polar surface area (TPSA) is 82.8 Å². The first kappa shape index (κ1) is 28.3. The van der Waals surface area contributed by atoms with Gasteiger partial charge >= 0.3 is 12.1 Å². The lowest BCUT2D eigenvalue weighted by molar-refractivity contribution is -0.174. The number of halogens is 4. The number of hydrogen-bond donors (Lipinski definition) is 1. The van der Waals surface area contributed by atoms with Crippen molar-refractivity contribution >= 4 is 23.1 Å². The summed E-state index contributed by atoms with van der Waals surface area (Å²) in [5.74, 6) is -2.42. The molecule has 0 unspecified atom stereocenters. The summed E-state index contributed by atoms with van der Waals surface area (Å²) >= 11 is 0. The average Bonchev–Trinajstić information content (AvgIpc) is 3.58. The van der Waals surface area contributed by atoms with E-state index in [1.807, 2.05) is 35.3 Å². The molecular formula is C32H30F4N6O2. The second kappa shape index (κ2) is 10.6. The lowest BCUT2D eigenvalue weighted by Crippen LogP contribution is -2.44. The summed E-state index contributed by atoms with van der Waals surface area (Å²) in [6.07, 6.45) is -1.92. The fraction of sp³-hybridized carbons (Fsp3) is 0.375. The van der Waals surface area contributed by atoms with Crippen LogP contribution in [0.2, 0.25) is 0 Å². The molecule has 1 aliphatic carbocycles. The van der Waals surface area contributed by atoms with Crippen molar-refractivity contribution in [2.45, 2.75) is 56.8 Å². The van der Waals surface area contributed by atoms with Gasteiger partial charge in [-0.3, -0.25) is 9.59 Å². The second-order valence-electron chi connectivity index (χ2n) is 11.8. The number of nitrogens with zero attached hydrogens (tertiary/aromatic N) is 5. The minimum Gasteiger partial charge on any atom is -0.369 e. The monoisotopic (exact) mass is 606 g/mol. The first-order valence-electron chi connectivity index (χ1n) is 14.8. The molecule has 4 aromatic rings. The van der Waals surface area contributed by atoms with Crippen LogP contribution in [0, 0.1) is 5.82 Å². The van der Waals surface area contributed by atoms with Crippen molar-refractivity contribution in [1.29, 1.82) is 0 Å². The van der Waals surface area contributed by atoms with Crippen LogP contribution in [0.25, 0.3) is 16.9 Å². The van der Waals surface area contributed by atoms with Gasteiger partial charge in [0.25, 0.3) is 5.91 Å². The zero-order valence-electron chi connectivity index (χ0n) is 23.9. The van der Waals surface area contributed by atoms with Crippen molar-refractivity contribution in [3.05, 3.63) is 82.9 Å². The fourth-order valence-electron chi connectivity index (χ4n) is 6.39. The average molecular weight is 607 g/mol. The number of nitrogens with one attached hydrogen (secondary N) is 1. The fourth-order valence-corrected chi connectivity index (χ4v) is 6.39. The van der Waals surface area contributed by atoms with Gasteiger partial charge in [0, 0.05) is 54.6 Å². The Bertz CT molecular complexity index is 1780. The van der Waals surface area contributed by atoms with Gasteiger partial charge in [-0.1, -0.05) is 24.3 Å². The molecule has 2 aromatic heterocycles. The first-order chi connectivity index (χ1) is 21.1. The van der Waals surface area contributed by atoms with Gasteiger partial charge in [-0.25, -0.2) is 13.9 Å². The van der Waals surface area contributed by atoms with E-state index >= 15 is 4.39 Å². The number of carbonyl (C=O) groups excluding carboxylic acids is 2. The van der Waals surface area contributed by atoms with Gasteiger partial charge in [-0.2, -0.15) is 18.3 Å². The van der Waals surface area contributed by atoms with Crippen molar-refractivity contribution in [3.8, 4) is 11.3 Å². The molecule has 1 N–H and O–H groups in total. The molecule has 44 heavy (non-hydrogen) atoms. The summed E-state index contributed by atoms with van der Waals surface area (Å²) in [7, 11) is 0. The molecule has 12 heteroatoms. The number of fused-ring (bicyclic) bond motifs is 2. The molecule has 2 atom stereocenters. The van der Waals surface area contributed by atoms with Gasteiger partial charge in [0.1, 0.15) is 11.5 Å². The Morgan fingerprint density at radius 3 is 2.55 bits per heavy atom. The molecule has 0 radical (unpaired) electrons. The maximum Gasteiger partial charge on any atom is 0.471 e. The maximum absolute atomic E-state index is 15.5. The van der Waals surface area contributed by atoms with Crippen molar-refractivity contribution < 1.29 is 27.2 Å².